The molecule has 0 saturated carbocycles. The van der Waals surface area contributed by atoms with Crippen LogP contribution in [0.25, 0.3) is 0 Å². The lowest BCUT2D eigenvalue weighted by Gasteiger charge is -2.29. The minimum absolute atomic E-state index is 0.355. The van der Waals surface area contributed by atoms with Crippen molar-refractivity contribution < 1.29 is 4.84 Å². The van der Waals surface area contributed by atoms with E-state index in [2.05, 4.69) is 16.3 Å². The van der Waals surface area contributed by atoms with Crippen molar-refractivity contribution in [3.63, 3.8) is 0 Å². The third-order valence-corrected chi connectivity index (χ3v) is 3.14. The molecule has 2 bridgehead atoms. The van der Waals surface area contributed by atoms with Crippen molar-refractivity contribution in [2.24, 2.45) is 10.6 Å². The Morgan fingerprint density at radius 1 is 1.46 bits per heavy atom. The molecular formula is C10H18N2O. The maximum absolute atomic E-state index is 5.03. The number of piperidine rings is 1. The highest BCUT2D eigenvalue weighted by Gasteiger charge is 2.39. The standard InChI is InChI=1S/C10H18N2O/c1-2-13-11-8-10-4-3-6-12(9-10)7-5-10/h8H,2-7,9H2,1H3. The average Bonchev–Trinajstić information content (AvgIpc) is 2.43. The van der Waals surface area contributed by atoms with Crippen molar-refractivity contribution in [3.8, 4) is 0 Å². The summed E-state index contributed by atoms with van der Waals surface area (Å²) in [6.45, 7) is 6.37. The zero-order valence-electron chi connectivity index (χ0n) is 8.33. The molecule has 2 aliphatic rings. The maximum Gasteiger partial charge on any atom is 0.114 e. The van der Waals surface area contributed by atoms with Gasteiger partial charge in [-0.15, -0.1) is 0 Å². The van der Waals surface area contributed by atoms with Gasteiger partial charge in [0.05, 0.1) is 6.21 Å². The highest BCUT2D eigenvalue weighted by molar-refractivity contribution is 5.66. The van der Waals surface area contributed by atoms with Crippen molar-refractivity contribution in [3.05, 3.63) is 0 Å². The smallest absolute Gasteiger partial charge is 0.114 e. The molecule has 0 N–H and O–H groups in total. The zero-order chi connectivity index (χ0) is 9.15. The lowest BCUT2D eigenvalue weighted by Crippen LogP contribution is -2.34. The van der Waals surface area contributed by atoms with Gasteiger partial charge in [-0.2, -0.15) is 0 Å². The van der Waals surface area contributed by atoms with E-state index in [0.29, 0.717) is 12.0 Å². The fourth-order valence-corrected chi connectivity index (χ4v) is 2.43. The van der Waals surface area contributed by atoms with Gasteiger partial charge in [-0.1, -0.05) is 5.16 Å². The fraction of sp³-hybridized carbons (Fsp3) is 0.900. The molecule has 3 nitrogen and oxygen atoms in total. The van der Waals surface area contributed by atoms with E-state index in [9.17, 15) is 0 Å². The van der Waals surface area contributed by atoms with E-state index >= 15 is 0 Å². The number of rotatable bonds is 3. The molecule has 0 amide bonds. The second kappa shape index (κ2) is 3.66. The molecule has 3 heteroatoms. The van der Waals surface area contributed by atoms with Crippen molar-refractivity contribution in [1.29, 1.82) is 0 Å². The summed E-state index contributed by atoms with van der Waals surface area (Å²) in [5.41, 5.74) is 0.355. The molecule has 2 saturated heterocycles. The second-order valence-corrected chi connectivity index (χ2v) is 4.14. The van der Waals surface area contributed by atoms with Crippen LogP contribution >= 0.6 is 0 Å². The van der Waals surface area contributed by atoms with E-state index in [-0.39, 0.29) is 0 Å². The van der Waals surface area contributed by atoms with Crippen LogP contribution < -0.4 is 0 Å². The van der Waals surface area contributed by atoms with Gasteiger partial charge < -0.3 is 9.74 Å². The van der Waals surface area contributed by atoms with Crippen LogP contribution in [0, 0.1) is 5.41 Å². The molecular weight excluding hydrogens is 164 g/mol. The molecule has 0 radical (unpaired) electrons. The van der Waals surface area contributed by atoms with Crippen LogP contribution in [0.5, 0.6) is 0 Å². The molecule has 2 unspecified atom stereocenters. The van der Waals surface area contributed by atoms with Gasteiger partial charge in [0.15, 0.2) is 0 Å². The topological polar surface area (TPSA) is 24.8 Å². The van der Waals surface area contributed by atoms with Gasteiger partial charge in [-0.05, 0) is 39.3 Å². The zero-order valence-corrected chi connectivity index (χ0v) is 8.33. The SMILES string of the molecule is CCON=CC12CCCN(CC1)C2. The molecule has 2 rings (SSSR count). The lowest BCUT2D eigenvalue weighted by molar-refractivity contribution is 0.154. The number of hydrogen-bond acceptors (Lipinski definition) is 3. The van der Waals surface area contributed by atoms with Crippen LogP contribution in [0.2, 0.25) is 0 Å². The van der Waals surface area contributed by atoms with Crippen LogP contribution in [-0.4, -0.2) is 37.4 Å². The Balaban J connectivity index is 1.95. The quantitative estimate of drug-likeness (QED) is 0.488. The summed E-state index contributed by atoms with van der Waals surface area (Å²) in [5.74, 6) is 0. The third kappa shape index (κ3) is 1.85. The predicted molar refractivity (Wildman–Crippen MR) is 52.8 cm³/mol. The van der Waals surface area contributed by atoms with Gasteiger partial charge in [-0.3, -0.25) is 0 Å². The third-order valence-electron chi connectivity index (χ3n) is 3.14. The second-order valence-electron chi connectivity index (χ2n) is 4.14. The molecule has 2 heterocycles. The normalized spacial score (nSPS) is 38.4. The lowest BCUT2D eigenvalue weighted by atomic mass is 9.82. The van der Waals surface area contributed by atoms with Gasteiger partial charge in [0.1, 0.15) is 6.61 Å². The molecule has 74 valence electrons. The van der Waals surface area contributed by atoms with Crippen LogP contribution in [0.15, 0.2) is 5.16 Å². The Morgan fingerprint density at radius 3 is 3.23 bits per heavy atom. The van der Waals surface area contributed by atoms with Crippen molar-refractivity contribution in [1.82, 2.24) is 4.90 Å². The Bertz CT molecular complexity index is 201. The Labute approximate surface area is 79.7 Å². The first-order valence-electron chi connectivity index (χ1n) is 5.23. The minimum Gasteiger partial charge on any atom is -0.396 e. The molecule has 2 fully saturated rings. The minimum atomic E-state index is 0.355. The largest absolute Gasteiger partial charge is 0.396 e. The van der Waals surface area contributed by atoms with E-state index in [4.69, 9.17) is 4.84 Å². The van der Waals surface area contributed by atoms with E-state index in [1.807, 2.05) is 6.92 Å². The summed E-state index contributed by atoms with van der Waals surface area (Å²) in [4.78, 5) is 7.56. The van der Waals surface area contributed by atoms with Gasteiger partial charge >= 0.3 is 0 Å². The summed E-state index contributed by atoms with van der Waals surface area (Å²) in [6, 6.07) is 0. The number of hydrogen-bond donors (Lipinski definition) is 0. The Kier molecular flexibility index (Phi) is 2.54. The molecule has 0 aromatic heterocycles. The number of nitrogens with zero attached hydrogens (tertiary/aromatic N) is 2. The Morgan fingerprint density at radius 2 is 2.38 bits per heavy atom. The molecule has 0 aliphatic carbocycles. The summed E-state index contributed by atoms with van der Waals surface area (Å²) < 4.78 is 0. The first-order chi connectivity index (χ1) is 6.35. The van der Waals surface area contributed by atoms with Gasteiger partial charge in [0.25, 0.3) is 0 Å². The molecule has 0 aromatic carbocycles. The van der Waals surface area contributed by atoms with Gasteiger partial charge in [0, 0.05) is 12.0 Å². The highest BCUT2D eigenvalue weighted by atomic mass is 16.6. The number of fused-ring (bicyclic) bond motifs is 2. The molecule has 2 atom stereocenters. The van der Waals surface area contributed by atoms with E-state index in [1.165, 1.54) is 38.9 Å². The molecule has 2 aliphatic heterocycles. The van der Waals surface area contributed by atoms with Crippen molar-refractivity contribution in [2.75, 3.05) is 26.2 Å². The summed E-state index contributed by atoms with van der Waals surface area (Å²) in [7, 11) is 0. The fourth-order valence-electron chi connectivity index (χ4n) is 2.43. The summed E-state index contributed by atoms with van der Waals surface area (Å²) >= 11 is 0. The van der Waals surface area contributed by atoms with E-state index in [0.717, 1.165) is 0 Å². The van der Waals surface area contributed by atoms with Gasteiger partial charge in [0.2, 0.25) is 0 Å². The molecule has 0 spiro atoms. The monoisotopic (exact) mass is 182 g/mol. The predicted octanol–water partition coefficient (Wildman–Crippen LogP) is 1.49. The first-order valence-corrected chi connectivity index (χ1v) is 5.23. The van der Waals surface area contributed by atoms with Crippen LogP contribution in [0.3, 0.4) is 0 Å². The van der Waals surface area contributed by atoms with Crippen molar-refractivity contribution in [2.45, 2.75) is 26.2 Å². The average molecular weight is 182 g/mol. The van der Waals surface area contributed by atoms with Crippen LogP contribution in [-0.2, 0) is 4.84 Å². The van der Waals surface area contributed by atoms with E-state index in [1.54, 1.807) is 0 Å². The molecule has 0 aromatic rings. The van der Waals surface area contributed by atoms with E-state index < -0.39 is 0 Å². The Hall–Kier alpha value is -0.570. The summed E-state index contributed by atoms with van der Waals surface area (Å²) in [6.07, 6.45) is 5.93. The molecule has 13 heavy (non-hydrogen) atoms. The van der Waals surface area contributed by atoms with Crippen LogP contribution in [0.4, 0.5) is 0 Å². The first kappa shape index (κ1) is 9.00. The maximum atomic E-state index is 5.03. The number of oxime groups is 1. The van der Waals surface area contributed by atoms with Gasteiger partial charge in [-0.25, -0.2) is 0 Å². The van der Waals surface area contributed by atoms with Crippen molar-refractivity contribution >= 4 is 6.21 Å². The summed E-state index contributed by atoms with van der Waals surface area (Å²) in [5, 5.41) is 4.03. The van der Waals surface area contributed by atoms with Crippen LogP contribution in [0.1, 0.15) is 26.2 Å². The highest BCUT2D eigenvalue weighted by Crippen LogP contribution is 2.37.